The number of hydrogen-bond acceptors (Lipinski definition) is 4. The van der Waals surface area contributed by atoms with Gasteiger partial charge in [0.15, 0.2) is 17.5 Å². The summed E-state index contributed by atoms with van der Waals surface area (Å²) in [7, 11) is 0. The van der Waals surface area contributed by atoms with E-state index in [1.165, 1.54) is 9.80 Å². The fourth-order valence-corrected chi connectivity index (χ4v) is 4.45. The molecule has 2 aliphatic heterocycles. The maximum absolute atomic E-state index is 13.9. The Hall–Kier alpha value is -2.80. The van der Waals surface area contributed by atoms with E-state index in [4.69, 9.17) is 5.73 Å². The van der Waals surface area contributed by atoms with Gasteiger partial charge in [0, 0.05) is 44.6 Å². The first-order valence-corrected chi connectivity index (χ1v) is 11.1. The van der Waals surface area contributed by atoms with Gasteiger partial charge in [0.05, 0.1) is 12.2 Å². The Bertz CT molecular complexity index is 1150. The molecule has 0 saturated carbocycles. The first-order valence-electron chi connectivity index (χ1n) is 11.1. The van der Waals surface area contributed by atoms with Gasteiger partial charge in [0.25, 0.3) is 0 Å². The van der Waals surface area contributed by atoms with Crippen LogP contribution >= 0.6 is 12.4 Å². The summed E-state index contributed by atoms with van der Waals surface area (Å²) in [5.74, 6) is -5.65. The van der Waals surface area contributed by atoms with Crippen molar-refractivity contribution in [3.8, 4) is 0 Å². The van der Waals surface area contributed by atoms with Crippen LogP contribution in [-0.4, -0.2) is 45.4 Å². The Morgan fingerprint density at radius 1 is 1.06 bits per heavy atom. The van der Waals surface area contributed by atoms with Crippen molar-refractivity contribution in [2.45, 2.75) is 57.4 Å². The third kappa shape index (κ3) is 5.61. The molecule has 7 nitrogen and oxygen atoms in total. The molecule has 198 valence electrons. The van der Waals surface area contributed by atoms with Crippen LogP contribution in [0.4, 0.5) is 32.2 Å². The molecular formula is C22H24ClF6N5O2. The highest BCUT2D eigenvalue weighted by Crippen LogP contribution is 2.36. The van der Waals surface area contributed by atoms with Gasteiger partial charge in [0.2, 0.25) is 17.6 Å². The zero-order valence-corrected chi connectivity index (χ0v) is 19.8. The van der Waals surface area contributed by atoms with Crippen LogP contribution in [0.3, 0.4) is 0 Å². The summed E-state index contributed by atoms with van der Waals surface area (Å²) in [4.78, 5) is 31.5. The van der Waals surface area contributed by atoms with Gasteiger partial charge >= 0.3 is 6.18 Å². The van der Waals surface area contributed by atoms with E-state index in [1.54, 1.807) is 0 Å². The highest BCUT2D eigenvalue weighted by atomic mass is 35.5. The number of imidazole rings is 1. The number of piperidine rings is 1. The first-order chi connectivity index (χ1) is 16.5. The fraction of sp³-hybridized carbons (Fsp3) is 0.500. The zero-order chi connectivity index (χ0) is 25.5. The second kappa shape index (κ2) is 10.7. The van der Waals surface area contributed by atoms with Crippen LogP contribution in [0.15, 0.2) is 12.1 Å². The molecule has 4 rings (SSSR count). The number of aromatic nitrogens is 2. The number of benzene rings is 1. The maximum Gasteiger partial charge on any atom is 0.449 e. The predicted molar refractivity (Wildman–Crippen MR) is 119 cm³/mol. The fourth-order valence-electron chi connectivity index (χ4n) is 4.45. The second-order valence-corrected chi connectivity index (χ2v) is 8.70. The van der Waals surface area contributed by atoms with E-state index in [-0.39, 0.29) is 80.8 Å². The van der Waals surface area contributed by atoms with Gasteiger partial charge < -0.3 is 15.2 Å². The Balaban J connectivity index is 0.00000361. The van der Waals surface area contributed by atoms with Crippen LogP contribution in [0, 0.1) is 17.5 Å². The second-order valence-electron chi connectivity index (χ2n) is 8.70. The number of alkyl halides is 3. The summed E-state index contributed by atoms with van der Waals surface area (Å²) >= 11 is 0. The lowest BCUT2D eigenvalue weighted by molar-refractivity contribution is -0.148. The first kappa shape index (κ1) is 27.8. The monoisotopic (exact) mass is 539 g/mol. The van der Waals surface area contributed by atoms with E-state index in [0.29, 0.717) is 25.0 Å². The summed E-state index contributed by atoms with van der Waals surface area (Å²) in [5, 5.41) is 0. The normalized spacial score (nSPS) is 17.0. The maximum atomic E-state index is 13.9. The molecule has 0 spiro atoms. The van der Waals surface area contributed by atoms with Crippen LogP contribution < -0.4 is 10.6 Å². The van der Waals surface area contributed by atoms with Crippen molar-refractivity contribution in [1.29, 1.82) is 0 Å². The van der Waals surface area contributed by atoms with E-state index in [0.717, 1.165) is 4.57 Å². The van der Waals surface area contributed by atoms with Gasteiger partial charge in [-0.2, -0.15) is 13.2 Å². The van der Waals surface area contributed by atoms with E-state index in [2.05, 4.69) is 4.98 Å². The molecule has 1 fully saturated rings. The Kier molecular flexibility index (Phi) is 8.23. The van der Waals surface area contributed by atoms with Gasteiger partial charge in [0.1, 0.15) is 5.82 Å². The minimum atomic E-state index is -4.74. The number of hydrogen-bond donors (Lipinski definition) is 1. The van der Waals surface area contributed by atoms with E-state index in [9.17, 15) is 35.9 Å². The number of anilines is 1. The molecule has 0 bridgehead atoms. The van der Waals surface area contributed by atoms with Crippen molar-refractivity contribution in [1.82, 2.24) is 14.5 Å². The number of nitrogens with two attached hydrogens (primary N) is 1. The number of fused-ring (bicyclic) bond motifs is 1. The average Bonchev–Trinajstić information content (AvgIpc) is 3.17. The van der Waals surface area contributed by atoms with E-state index < -0.39 is 41.4 Å². The van der Waals surface area contributed by atoms with E-state index in [1.807, 2.05) is 0 Å². The van der Waals surface area contributed by atoms with Gasteiger partial charge in [-0.3, -0.25) is 14.5 Å². The third-order valence-corrected chi connectivity index (χ3v) is 6.18. The molecule has 1 saturated heterocycles. The van der Waals surface area contributed by atoms with Gasteiger partial charge in [-0.1, -0.05) is 0 Å². The number of nitrogens with zero attached hydrogens (tertiary/aromatic N) is 4. The van der Waals surface area contributed by atoms with Crippen LogP contribution in [0.25, 0.3) is 0 Å². The summed E-state index contributed by atoms with van der Waals surface area (Å²) in [6, 6.07) is 0.129. The molecule has 3 heterocycles. The molecular weight excluding hydrogens is 516 g/mol. The Morgan fingerprint density at radius 3 is 2.42 bits per heavy atom. The summed E-state index contributed by atoms with van der Waals surface area (Å²) in [5.41, 5.74) is 5.85. The lowest BCUT2D eigenvalue weighted by Crippen LogP contribution is -2.43. The summed E-state index contributed by atoms with van der Waals surface area (Å²) in [6.45, 7) is -0.213. The largest absolute Gasteiger partial charge is 0.449 e. The Labute approximate surface area is 208 Å². The number of carbonyl (C=O) groups excluding carboxylic acids is 2. The smallest absolute Gasteiger partial charge is 0.335 e. The molecule has 1 atom stereocenters. The van der Waals surface area contributed by atoms with Crippen molar-refractivity contribution in [2.24, 2.45) is 5.73 Å². The van der Waals surface area contributed by atoms with Crippen molar-refractivity contribution in [3.05, 3.63) is 46.7 Å². The van der Waals surface area contributed by atoms with Gasteiger partial charge in [-0.25, -0.2) is 18.2 Å². The molecule has 2 amide bonds. The zero-order valence-electron chi connectivity index (χ0n) is 19.0. The third-order valence-electron chi connectivity index (χ3n) is 6.18. The van der Waals surface area contributed by atoms with E-state index >= 15 is 0 Å². The Morgan fingerprint density at radius 2 is 1.75 bits per heavy atom. The van der Waals surface area contributed by atoms with Crippen molar-refractivity contribution in [2.75, 3.05) is 18.0 Å². The standard InChI is InChI=1S/C22H23F6N5O2.ClH/c23-14-10-16(25)15(24)8-12(14)7-13(29)9-19(35)31-5-6-32-17(11-31)20(30-21(32)22(26,27)28)33-4-2-1-3-18(33)34;/h8,10,13H,1-7,9,11,29H2;1H/t13-;/m1./s1. The molecule has 0 aliphatic carbocycles. The van der Waals surface area contributed by atoms with Gasteiger partial charge in [-0.05, 0) is 30.9 Å². The van der Waals surface area contributed by atoms with Crippen molar-refractivity contribution < 1.29 is 35.9 Å². The average molecular weight is 540 g/mol. The number of rotatable bonds is 5. The summed E-state index contributed by atoms with van der Waals surface area (Å²) < 4.78 is 82.3. The lowest BCUT2D eigenvalue weighted by Gasteiger charge is -2.32. The predicted octanol–water partition coefficient (Wildman–Crippen LogP) is 3.56. The minimum absolute atomic E-state index is 0. The highest BCUT2D eigenvalue weighted by molar-refractivity contribution is 5.93. The molecule has 0 unspecified atom stereocenters. The topological polar surface area (TPSA) is 84.5 Å². The highest BCUT2D eigenvalue weighted by Gasteiger charge is 2.42. The van der Waals surface area contributed by atoms with Crippen LogP contribution in [-0.2, 0) is 35.3 Å². The van der Waals surface area contributed by atoms with Crippen LogP contribution in [0.2, 0.25) is 0 Å². The molecule has 36 heavy (non-hydrogen) atoms. The minimum Gasteiger partial charge on any atom is -0.335 e. The van der Waals surface area contributed by atoms with Crippen LogP contribution in [0.1, 0.15) is 42.8 Å². The molecule has 2 aromatic rings. The lowest BCUT2D eigenvalue weighted by atomic mass is 10.0. The van der Waals surface area contributed by atoms with Crippen molar-refractivity contribution >= 4 is 30.0 Å². The number of halogens is 7. The molecule has 1 aromatic carbocycles. The molecule has 0 radical (unpaired) electrons. The molecule has 2 aliphatic rings. The number of carbonyl (C=O) groups is 2. The van der Waals surface area contributed by atoms with Crippen molar-refractivity contribution in [3.63, 3.8) is 0 Å². The summed E-state index contributed by atoms with van der Waals surface area (Å²) in [6.07, 6.45) is -3.82. The molecule has 1 aromatic heterocycles. The quantitative estimate of drug-likeness (QED) is 0.465. The SMILES string of the molecule is Cl.N[C@@H](CC(=O)N1CCn2c(C(F)(F)F)nc(N3CCCCC3=O)c2C1)Cc1cc(F)c(F)cc1F. The van der Waals surface area contributed by atoms with Crippen LogP contribution in [0.5, 0.6) is 0 Å². The molecule has 2 N–H and O–H groups in total. The van der Waals surface area contributed by atoms with Gasteiger partial charge in [-0.15, -0.1) is 12.4 Å². The number of amides is 2. The molecule has 14 heteroatoms.